The Morgan fingerprint density at radius 2 is 2.00 bits per heavy atom. The molecule has 1 unspecified atom stereocenters. The molecule has 0 spiro atoms. The molecule has 136 valence electrons. The first kappa shape index (κ1) is 16.0. The number of anilines is 2. The molecule has 1 atom stereocenters. The second-order valence-electron chi connectivity index (χ2n) is 6.99. The molecule has 1 fully saturated rings. The molecule has 1 aromatic heterocycles. The van der Waals surface area contributed by atoms with Crippen LogP contribution in [0, 0.1) is 5.82 Å². The first-order valence-electron chi connectivity index (χ1n) is 8.97. The van der Waals surface area contributed by atoms with E-state index in [2.05, 4.69) is 10.3 Å². The van der Waals surface area contributed by atoms with E-state index in [-0.39, 0.29) is 24.3 Å². The van der Waals surface area contributed by atoms with E-state index >= 15 is 0 Å². The van der Waals surface area contributed by atoms with Gasteiger partial charge in [0.1, 0.15) is 11.9 Å². The Balaban J connectivity index is 1.47. The zero-order valence-electron chi connectivity index (χ0n) is 14.4. The Hall–Kier alpha value is -3.22. The standard InChI is InChI=1S/C20H17FN4O2/c21-12-4-3-5-13(10-12)22-18(26)11-17-19(27)24(14-8-9-14)20-23-15-6-1-2-7-16(15)25(17)20/h1-7,10,14,17H,8-9,11H2,(H,22,26). The number of aromatic nitrogens is 2. The van der Waals surface area contributed by atoms with E-state index in [0.717, 1.165) is 23.9 Å². The van der Waals surface area contributed by atoms with E-state index in [0.29, 0.717) is 11.6 Å². The van der Waals surface area contributed by atoms with Crippen LogP contribution in [0.25, 0.3) is 11.0 Å². The topological polar surface area (TPSA) is 67.2 Å². The zero-order valence-corrected chi connectivity index (χ0v) is 14.4. The van der Waals surface area contributed by atoms with Gasteiger partial charge in [-0.2, -0.15) is 0 Å². The summed E-state index contributed by atoms with van der Waals surface area (Å²) in [7, 11) is 0. The molecule has 0 bridgehead atoms. The van der Waals surface area contributed by atoms with Gasteiger partial charge in [-0.25, -0.2) is 9.37 Å². The third-order valence-corrected chi connectivity index (χ3v) is 5.03. The molecular weight excluding hydrogens is 347 g/mol. The summed E-state index contributed by atoms with van der Waals surface area (Å²) in [5.74, 6) is -0.236. The largest absolute Gasteiger partial charge is 0.326 e. The summed E-state index contributed by atoms with van der Waals surface area (Å²) in [5, 5.41) is 2.68. The normalized spacial score (nSPS) is 18.8. The van der Waals surface area contributed by atoms with Gasteiger partial charge in [0.25, 0.3) is 5.91 Å². The molecule has 0 saturated heterocycles. The Kier molecular flexibility index (Phi) is 3.50. The molecule has 1 aliphatic carbocycles. The van der Waals surface area contributed by atoms with Crippen molar-refractivity contribution < 1.29 is 14.0 Å². The molecule has 27 heavy (non-hydrogen) atoms. The lowest BCUT2D eigenvalue weighted by molar-refractivity contribution is -0.124. The first-order valence-corrected chi connectivity index (χ1v) is 8.97. The van der Waals surface area contributed by atoms with Crippen LogP contribution in [0.1, 0.15) is 25.3 Å². The number of fused-ring (bicyclic) bond motifs is 3. The van der Waals surface area contributed by atoms with Gasteiger partial charge in [0.15, 0.2) is 0 Å². The molecule has 1 aliphatic heterocycles. The molecule has 1 N–H and O–H groups in total. The van der Waals surface area contributed by atoms with Crippen LogP contribution >= 0.6 is 0 Å². The maximum absolute atomic E-state index is 13.3. The van der Waals surface area contributed by atoms with Crippen LogP contribution in [0.2, 0.25) is 0 Å². The van der Waals surface area contributed by atoms with Gasteiger partial charge in [0.05, 0.1) is 17.5 Å². The van der Waals surface area contributed by atoms with Crippen molar-refractivity contribution in [3.05, 3.63) is 54.3 Å². The van der Waals surface area contributed by atoms with Crippen molar-refractivity contribution >= 4 is 34.5 Å². The number of amides is 2. The van der Waals surface area contributed by atoms with Crippen molar-refractivity contribution in [2.45, 2.75) is 31.3 Å². The quantitative estimate of drug-likeness (QED) is 0.773. The van der Waals surface area contributed by atoms with Crippen LogP contribution in [0.3, 0.4) is 0 Å². The smallest absolute Gasteiger partial charge is 0.253 e. The van der Waals surface area contributed by atoms with Gasteiger partial charge >= 0.3 is 0 Å². The average molecular weight is 364 g/mol. The van der Waals surface area contributed by atoms with Crippen LogP contribution in [0.15, 0.2) is 48.5 Å². The van der Waals surface area contributed by atoms with Crippen molar-refractivity contribution in [3.8, 4) is 0 Å². The number of carbonyl (C=O) groups is 2. The number of halogens is 1. The number of hydrogen-bond acceptors (Lipinski definition) is 3. The number of hydrogen-bond donors (Lipinski definition) is 1. The summed E-state index contributed by atoms with van der Waals surface area (Å²) in [4.78, 5) is 31.9. The van der Waals surface area contributed by atoms with Crippen LogP contribution in [-0.2, 0) is 9.59 Å². The van der Waals surface area contributed by atoms with Crippen molar-refractivity contribution in [2.24, 2.45) is 0 Å². The molecular formula is C20H17FN4O2. The molecule has 3 aromatic rings. The number of nitrogens with zero attached hydrogens (tertiary/aromatic N) is 3. The van der Waals surface area contributed by atoms with Gasteiger partial charge in [-0.3, -0.25) is 19.1 Å². The third-order valence-electron chi connectivity index (χ3n) is 5.03. The van der Waals surface area contributed by atoms with Gasteiger partial charge in [-0.15, -0.1) is 0 Å². The molecule has 2 amide bonds. The fourth-order valence-corrected chi connectivity index (χ4v) is 3.69. The summed E-state index contributed by atoms with van der Waals surface area (Å²) < 4.78 is 15.2. The van der Waals surface area contributed by atoms with Crippen LogP contribution < -0.4 is 10.2 Å². The SMILES string of the molecule is O=C(CC1C(=O)N(C2CC2)c2nc3ccccc3n21)Nc1cccc(F)c1. The number of rotatable bonds is 4. The zero-order chi connectivity index (χ0) is 18.5. The molecule has 5 rings (SSSR count). The summed E-state index contributed by atoms with van der Waals surface area (Å²) in [6.07, 6.45) is 1.89. The Labute approximate surface area is 154 Å². The number of imidazole rings is 1. The number of benzene rings is 2. The fourth-order valence-electron chi connectivity index (χ4n) is 3.69. The van der Waals surface area contributed by atoms with Crippen LogP contribution in [0.5, 0.6) is 0 Å². The monoisotopic (exact) mass is 364 g/mol. The molecule has 2 aromatic carbocycles. The van der Waals surface area contributed by atoms with Gasteiger partial charge in [-0.05, 0) is 43.2 Å². The summed E-state index contributed by atoms with van der Waals surface area (Å²) in [6.45, 7) is 0. The van der Waals surface area contributed by atoms with Gasteiger partial charge in [0.2, 0.25) is 11.9 Å². The van der Waals surface area contributed by atoms with E-state index < -0.39 is 11.9 Å². The maximum atomic E-state index is 13.3. The Morgan fingerprint density at radius 3 is 2.78 bits per heavy atom. The third kappa shape index (κ3) is 2.66. The van der Waals surface area contributed by atoms with Gasteiger partial charge in [0, 0.05) is 11.7 Å². The van der Waals surface area contributed by atoms with Gasteiger partial charge in [-0.1, -0.05) is 18.2 Å². The Morgan fingerprint density at radius 1 is 1.19 bits per heavy atom. The van der Waals surface area contributed by atoms with E-state index in [1.165, 1.54) is 18.2 Å². The highest BCUT2D eigenvalue weighted by molar-refractivity contribution is 6.05. The minimum absolute atomic E-state index is 0.0219. The lowest BCUT2D eigenvalue weighted by atomic mass is 10.1. The average Bonchev–Trinajstić information content (AvgIpc) is 3.34. The lowest BCUT2D eigenvalue weighted by Gasteiger charge is -2.15. The predicted molar refractivity (Wildman–Crippen MR) is 98.9 cm³/mol. The highest BCUT2D eigenvalue weighted by Crippen LogP contribution is 2.42. The van der Waals surface area contributed by atoms with E-state index in [1.54, 1.807) is 11.0 Å². The van der Waals surface area contributed by atoms with E-state index in [9.17, 15) is 14.0 Å². The highest BCUT2D eigenvalue weighted by atomic mass is 19.1. The lowest BCUT2D eigenvalue weighted by Crippen LogP contribution is -2.33. The van der Waals surface area contributed by atoms with Crippen LogP contribution in [0.4, 0.5) is 16.0 Å². The number of nitrogens with one attached hydrogen (secondary N) is 1. The van der Waals surface area contributed by atoms with Crippen molar-refractivity contribution in [2.75, 3.05) is 10.2 Å². The van der Waals surface area contributed by atoms with Crippen LogP contribution in [-0.4, -0.2) is 27.4 Å². The molecule has 6 nitrogen and oxygen atoms in total. The summed E-state index contributed by atoms with van der Waals surface area (Å²) in [5.41, 5.74) is 2.02. The molecule has 1 saturated carbocycles. The second-order valence-corrected chi connectivity index (χ2v) is 6.99. The Bertz CT molecular complexity index is 1070. The predicted octanol–water partition coefficient (Wildman–Crippen LogP) is 3.25. The van der Waals surface area contributed by atoms with Crippen molar-refractivity contribution in [1.82, 2.24) is 9.55 Å². The van der Waals surface area contributed by atoms with Crippen molar-refractivity contribution in [1.29, 1.82) is 0 Å². The fraction of sp³-hybridized carbons (Fsp3) is 0.250. The summed E-state index contributed by atoms with van der Waals surface area (Å²) >= 11 is 0. The summed E-state index contributed by atoms with van der Waals surface area (Å²) in [6, 6.07) is 12.9. The molecule has 7 heteroatoms. The number of para-hydroxylation sites is 2. The highest BCUT2D eigenvalue weighted by Gasteiger charge is 2.47. The minimum atomic E-state index is -0.637. The van der Waals surface area contributed by atoms with Gasteiger partial charge < -0.3 is 5.32 Å². The maximum Gasteiger partial charge on any atom is 0.253 e. The van der Waals surface area contributed by atoms with Crippen molar-refractivity contribution in [3.63, 3.8) is 0 Å². The molecule has 2 aliphatic rings. The molecule has 2 heterocycles. The first-order chi connectivity index (χ1) is 13.1. The minimum Gasteiger partial charge on any atom is -0.326 e. The molecule has 0 radical (unpaired) electrons. The van der Waals surface area contributed by atoms with E-state index in [4.69, 9.17) is 0 Å². The second kappa shape index (κ2) is 5.90. The van der Waals surface area contributed by atoms with E-state index in [1.807, 2.05) is 28.8 Å². The number of carbonyl (C=O) groups excluding carboxylic acids is 2.